The highest BCUT2D eigenvalue weighted by atomic mass is 35.5. The van der Waals surface area contributed by atoms with Gasteiger partial charge in [0.1, 0.15) is 18.0 Å². The Hall–Kier alpha value is -2.02. The predicted molar refractivity (Wildman–Crippen MR) is 85.1 cm³/mol. The number of hydrogen-bond acceptors (Lipinski definition) is 4. The van der Waals surface area contributed by atoms with Gasteiger partial charge in [0.05, 0.1) is 11.3 Å². The standard InChI is InChI=1S/C15H16ClF3N4/c1-9(2)7-20-13-6-14(22-8-21-13)23-12-4-3-10(16)5-11(12)15(17,18)19/h3-6,8-9H,7H2,1-2H3,(H2,20,21,22,23). The van der Waals surface area contributed by atoms with Crippen LogP contribution < -0.4 is 10.6 Å². The number of alkyl halides is 3. The second-order valence-corrected chi connectivity index (χ2v) is 5.81. The maximum Gasteiger partial charge on any atom is 0.418 e. The Morgan fingerprint density at radius 1 is 1.13 bits per heavy atom. The Balaban J connectivity index is 2.24. The molecule has 0 amide bonds. The highest BCUT2D eigenvalue weighted by molar-refractivity contribution is 6.30. The van der Waals surface area contributed by atoms with Crippen molar-refractivity contribution in [2.24, 2.45) is 5.92 Å². The predicted octanol–water partition coefficient (Wildman–Crippen LogP) is 4.96. The van der Waals surface area contributed by atoms with Gasteiger partial charge in [-0.2, -0.15) is 13.2 Å². The van der Waals surface area contributed by atoms with E-state index in [1.54, 1.807) is 6.07 Å². The molecule has 0 spiro atoms. The van der Waals surface area contributed by atoms with E-state index in [-0.39, 0.29) is 16.5 Å². The Bertz CT molecular complexity index is 674. The minimum Gasteiger partial charge on any atom is -0.370 e. The molecule has 4 nitrogen and oxygen atoms in total. The van der Waals surface area contributed by atoms with Crippen LogP contribution in [0.25, 0.3) is 0 Å². The summed E-state index contributed by atoms with van der Waals surface area (Å²) in [5, 5.41) is 5.77. The number of benzene rings is 1. The molecule has 2 aromatic rings. The molecule has 0 fully saturated rings. The van der Waals surface area contributed by atoms with Crippen molar-refractivity contribution in [2.75, 3.05) is 17.2 Å². The first-order valence-electron chi connectivity index (χ1n) is 6.95. The van der Waals surface area contributed by atoms with Gasteiger partial charge >= 0.3 is 6.18 Å². The van der Waals surface area contributed by atoms with Gasteiger partial charge in [0.2, 0.25) is 0 Å². The Morgan fingerprint density at radius 2 is 1.83 bits per heavy atom. The monoisotopic (exact) mass is 344 g/mol. The van der Waals surface area contributed by atoms with E-state index in [1.165, 1.54) is 18.5 Å². The Kier molecular flexibility index (Phi) is 5.30. The van der Waals surface area contributed by atoms with E-state index in [0.29, 0.717) is 18.3 Å². The number of rotatable bonds is 5. The molecule has 1 heterocycles. The lowest BCUT2D eigenvalue weighted by molar-refractivity contribution is -0.136. The van der Waals surface area contributed by atoms with Crippen LogP contribution in [0.15, 0.2) is 30.6 Å². The maximum atomic E-state index is 13.1. The SMILES string of the molecule is CC(C)CNc1cc(Nc2ccc(Cl)cc2C(F)(F)F)ncn1. The van der Waals surface area contributed by atoms with Crippen molar-refractivity contribution in [2.45, 2.75) is 20.0 Å². The van der Waals surface area contributed by atoms with Crippen molar-refractivity contribution in [1.82, 2.24) is 9.97 Å². The van der Waals surface area contributed by atoms with Gasteiger partial charge in [-0.3, -0.25) is 0 Å². The minimum atomic E-state index is -4.51. The third-order valence-corrected chi connectivity index (χ3v) is 3.14. The summed E-state index contributed by atoms with van der Waals surface area (Å²) >= 11 is 5.66. The first-order chi connectivity index (χ1) is 10.8. The van der Waals surface area contributed by atoms with Crippen LogP contribution in [0.4, 0.5) is 30.5 Å². The number of aromatic nitrogens is 2. The zero-order valence-corrected chi connectivity index (χ0v) is 13.3. The van der Waals surface area contributed by atoms with Gasteiger partial charge in [0.25, 0.3) is 0 Å². The second kappa shape index (κ2) is 7.04. The first kappa shape index (κ1) is 17.3. The third-order valence-electron chi connectivity index (χ3n) is 2.91. The minimum absolute atomic E-state index is 0.0184. The summed E-state index contributed by atoms with van der Waals surface area (Å²) in [7, 11) is 0. The molecule has 0 unspecified atom stereocenters. The molecule has 0 saturated carbocycles. The van der Waals surface area contributed by atoms with Gasteiger partial charge in [0.15, 0.2) is 0 Å². The molecular weight excluding hydrogens is 329 g/mol. The number of halogens is 4. The summed E-state index contributed by atoms with van der Waals surface area (Å²) in [6.07, 6.45) is -3.23. The maximum absolute atomic E-state index is 13.1. The van der Waals surface area contributed by atoms with Crippen LogP contribution in [-0.2, 0) is 6.18 Å². The fraction of sp³-hybridized carbons (Fsp3) is 0.333. The number of nitrogens with one attached hydrogen (secondary N) is 2. The van der Waals surface area contributed by atoms with Gasteiger partial charge in [-0.1, -0.05) is 25.4 Å². The summed E-state index contributed by atoms with van der Waals surface area (Å²) in [6.45, 7) is 4.78. The number of hydrogen-bond donors (Lipinski definition) is 2. The average Bonchev–Trinajstić information content (AvgIpc) is 2.46. The van der Waals surface area contributed by atoms with Gasteiger partial charge in [-0.15, -0.1) is 0 Å². The van der Waals surface area contributed by atoms with Gasteiger partial charge < -0.3 is 10.6 Å². The van der Waals surface area contributed by atoms with Crippen LogP contribution in [0.3, 0.4) is 0 Å². The average molecular weight is 345 g/mol. The molecule has 2 N–H and O–H groups in total. The van der Waals surface area contributed by atoms with Crippen LogP contribution in [0.5, 0.6) is 0 Å². The lowest BCUT2D eigenvalue weighted by Crippen LogP contribution is -2.11. The van der Waals surface area contributed by atoms with Crippen molar-refractivity contribution < 1.29 is 13.2 Å². The zero-order chi connectivity index (χ0) is 17.0. The molecule has 0 atom stereocenters. The Morgan fingerprint density at radius 3 is 2.48 bits per heavy atom. The molecule has 0 bridgehead atoms. The lowest BCUT2D eigenvalue weighted by Gasteiger charge is -2.15. The molecule has 2 rings (SSSR count). The van der Waals surface area contributed by atoms with E-state index in [4.69, 9.17) is 11.6 Å². The zero-order valence-electron chi connectivity index (χ0n) is 12.6. The molecule has 0 saturated heterocycles. The molecule has 0 radical (unpaired) electrons. The molecule has 124 valence electrons. The molecule has 1 aromatic carbocycles. The van der Waals surface area contributed by atoms with E-state index in [2.05, 4.69) is 20.6 Å². The van der Waals surface area contributed by atoms with Crippen LogP contribution >= 0.6 is 11.6 Å². The molecule has 0 aliphatic rings. The Labute approximate surface area is 137 Å². The second-order valence-electron chi connectivity index (χ2n) is 5.38. The topological polar surface area (TPSA) is 49.8 Å². The largest absolute Gasteiger partial charge is 0.418 e. The molecule has 1 aromatic heterocycles. The fourth-order valence-corrected chi connectivity index (χ4v) is 2.00. The van der Waals surface area contributed by atoms with E-state index in [0.717, 1.165) is 6.07 Å². The van der Waals surface area contributed by atoms with Crippen LogP contribution in [0, 0.1) is 5.92 Å². The van der Waals surface area contributed by atoms with E-state index in [1.807, 2.05) is 13.8 Å². The summed E-state index contributed by atoms with van der Waals surface area (Å²) < 4.78 is 39.2. The molecule has 23 heavy (non-hydrogen) atoms. The van der Waals surface area contributed by atoms with Crippen molar-refractivity contribution in [3.8, 4) is 0 Å². The molecule has 0 aliphatic carbocycles. The summed E-state index contributed by atoms with van der Waals surface area (Å²) in [6, 6.07) is 5.09. The van der Waals surface area contributed by atoms with Gasteiger partial charge in [-0.05, 0) is 24.1 Å². The van der Waals surface area contributed by atoms with Gasteiger partial charge in [-0.25, -0.2) is 9.97 Å². The molecule has 0 aliphatic heterocycles. The quantitative estimate of drug-likeness (QED) is 0.804. The van der Waals surface area contributed by atoms with Crippen molar-refractivity contribution in [1.29, 1.82) is 0 Å². The summed E-state index contributed by atoms with van der Waals surface area (Å²) in [5.74, 6) is 1.22. The first-order valence-corrected chi connectivity index (χ1v) is 7.33. The lowest BCUT2D eigenvalue weighted by atomic mass is 10.1. The fourth-order valence-electron chi connectivity index (χ4n) is 1.83. The van der Waals surface area contributed by atoms with E-state index < -0.39 is 11.7 Å². The highest BCUT2D eigenvalue weighted by Crippen LogP contribution is 2.37. The number of nitrogens with zero attached hydrogens (tertiary/aromatic N) is 2. The molecule has 8 heteroatoms. The smallest absolute Gasteiger partial charge is 0.370 e. The van der Waals surface area contributed by atoms with E-state index >= 15 is 0 Å². The van der Waals surface area contributed by atoms with Crippen molar-refractivity contribution >= 4 is 28.9 Å². The number of anilines is 3. The third kappa shape index (κ3) is 4.99. The van der Waals surface area contributed by atoms with Crippen molar-refractivity contribution in [3.63, 3.8) is 0 Å². The van der Waals surface area contributed by atoms with E-state index in [9.17, 15) is 13.2 Å². The van der Waals surface area contributed by atoms with Crippen LogP contribution in [0.2, 0.25) is 5.02 Å². The summed E-state index contributed by atoms with van der Waals surface area (Å²) in [4.78, 5) is 7.98. The summed E-state index contributed by atoms with van der Waals surface area (Å²) in [5.41, 5.74) is -0.962. The van der Waals surface area contributed by atoms with Crippen LogP contribution in [-0.4, -0.2) is 16.5 Å². The van der Waals surface area contributed by atoms with Crippen LogP contribution in [0.1, 0.15) is 19.4 Å². The molecular formula is C15H16ClF3N4. The van der Waals surface area contributed by atoms with Crippen molar-refractivity contribution in [3.05, 3.63) is 41.2 Å². The normalized spacial score (nSPS) is 11.6. The van der Waals surface area contributed by atoms with Gasteiger partial charge in [0, 0.05) is 17.6 Å². The highest BCUT2D eigenvalue weighted by Gasteiger charge is 2.33.